The molecule has 0 unspecified atom stereocenters. The van der Waals surface area contributed by atoms with Crippen molar-refractivity contribution in [3.8, 4) is 0 Å². The van der Waals surface area contributed by atoms with Crippen molar-refractivity contribution < 1.29 is 13.0 Å². The van der Waals surface area contributed by atoms with Gasteiger partial charge < -0.3 is 16.4 Å². The Morgan fingerprint density at radius 3 is 2.07 bits per heavy atom. The summed E-state index contributed by atoms with van der Waals surface area (Å²) in [5.74, 6) is 0.354. The zero-order chi connectivity index (χ0) is 19.6. The first kappa shape index (κ1) is 18.8. The molecule has 9 nitrogen and oxygen atoms in total. The summed E-state index contributed by atoms with van der Waals surface area (Å²) in [4.78, 5) is 11.8. The molecule has 0 fully saturated rings. The summed E-state index contributed by atoms with van der Waals surface area (Å²) in [5.41, 5.74) is 7.83. The summed E-state index contributed by atoms with van der Waals surface area (Å²) in [6.45, 7) is 1.98. The topological polar surface area (TPSA) is 143 Å². The number of nitrogens with zero attached hydrogens (tertiary/aromatic N) is 3. The molecule has 0 saturated carbocycles. The van der Waals surface area contributed by atoms with Crippen molar-refractivity contribution in [3.05, 3.63) is 53.3 Å². The Balaban J connectivity index is 1.84. The first-order chi connectivity index (χ1) is 12.7. The van der Waals surface area contributed by atoms with E-state index in [4.69, 9.17) is 21.9 Å². The average molecular weight is 407 g/mol. The number of nitrogen functional groups attached to an aromatic ring is 1. The smallest absolute Gasteiger partial charge is 0.296 e. The van der Waals surface area contributed by atoms with Gasteiger partial charge in [0.15, 0.2) is 0 Å². The van der Waals surface area contributed by atoms with E-state index in [1.807, 2.05) is 31.2 Å². The van der Waals surface area contributed by atoms with Crippen LogP contribution in [0.4, 0.5) is 29.0 Å². The number of hydrogen-bond acceptors (Lipinski definition) is 8. The van der Waals surface area contributed by atoms with E-state index < -0.39 is 10.1 Å². The minimum Gasteiger partial charge on any atom is -0.398 e. The van der Waals surface area contributed by atoms with Crippen LogP contribution in [-0.2, 0) is 10.1 Å². The van der Waals surface area contributed by atoms with Crippen molar-refractivity contribution in [2.45, 2.75) is 11.8 Å². The van der Waals surface area contributed by atoms with Crippen LogP contribution in [0.3, 0.4) is 0 Å². The largest absolute Gasteiger partial charge is 0.398 e. The third-order valence-corrected chi connectivity index (χ3v) is 4.56. The zero-order valence-corrected chi connectivity index (χ0v) is 15.6. The molecular formula is C16H15ClN6O3S. The maximum Gasteiger partial charge on any atom is 0.296 e. The van der Waals surface area contributed by atoms with Crippen LogP contribution in [0.2, 0.25) is 5.28 Å². The fourth-order valence-electron chi connectivity index (χ4n) is 2.22. The van der Waals surface area contributed by atoms with Gasteiger partial charge in [0.1, 0.15) is 4.90 Å². The predicted molar refractivity (Wildman–Crippen MR) is 103 cm³/mol. The Bertz CT molecular complexity index is 1090. The lowest BCUT2D eigenvalue weighted by Crippen LogP contribution is -2.06. The minimum absolute atomic E-state index is 0.0374. The number of hydrogen-bond donors (Lipinski definition) is 4. The van der Waals surface area contributed by atoms with Gasteiger partial charge in [-0.1, -0.05) is 17.7 Å². The number of aryl methyl sites for hydroxylation is 1. The van der Waals surface area contributed by atoms with Crippen molar-refractivity contribution in [2.24, 2.45) is 0 Å². The van der Waals surface area contributed by atoms with Crippen LogP contribution in [0.1, 0.15) is 5.56 Å². The van der Waals surface area contributed by atoms with Crippen molar-refractivity contribution in [1.82, 2.24) is 15.0 Å². The first-order valence-electron chi connectivity index (χ1n) is 7.60. The first-order valence-corrected chi connectivity index (χ1v) is 9.42. The summed E-state index contributed by atoms with van der Waals surface area (Å²) in [6.07, 6.45) is 0. The molecule has 0 atom stereocenters. The van der Waals surface area contributed by atoms with Gasteiger partial charge >= 0.3 is 0 Å². The van der Waals surface area contributed by atoms with Gasteiger partial charge in [0.2, 0.25) is 17.2 Å². The van der Waals surface area contributed by atoms with E-state index in [0.29, 0.717) is 5.69 Å². The average Bonchev–Trinajstić information content (AvgIpc) is 2.55. The van der Waals surface area contributed by atoms with Crippen LogP contribution < -0.4 is 16.4 Å². The van der Waals surface area contributed by atoms with Crippen LogP contribution in [0.25, 0.3) is 0 Å². The van der Waals surface area contributed by atoms with Crippen LogP contribution in [0.5, 0.6) is 0 Å². The predicted octanol–water partition coefficient (Wildman–Crippen LogP) is 3.15. The molecule has 11 heteroatoms. The lowest BCUT2D eigenvalue weighted by Gasteiger charge is -2.10. The number of rotatable bonds is 5. The highest BCUT2D eigenvalue weighted by molar-refractivity contribution is 7.86. The van der Waals surface area contributed by atoms with E-state index >= 15 is 0 Å². The lowest BCUT2D eigenvalue weighted by molar-refractivity contribution is 0.483. The van der Waals surface area contributed by atoms with Gasteiger partial charge in [-0.15, -0.1) is 0 Å². The van der Waals surface area contributed by atoms with Gasteiger partial charge in [-0.25, -0.2) is 0 Å². The molecule has 2 aromatic carbocycles. The SMILES string of the molecule is Cc1ccc(Nc2nc(Cl)nc(Nc3ccc(S(=O)(=O)O)c(N)c3)n2)cc1. The number of anilines is 5. The van der Waals surface area contributed by atoms with E-state index in [1.165, 1.54) is 18.2 Å². The van der Waals surface area contributed by atoms with Gasteiger partial charge in [0.25, 0.3) is 10.1 Å². The lowest BCUT2D eigenvalue weighted by atomic mass is 10.2. The van der Waals surface area contributed by atoms with Gasteiger partial charge in [0.05, 0.1) is 5.69 Å². The number of halogens is 1. The summed E-state index contributed by atoms with van der Waals surface area (Å²) >= 11 is 5.94. The fraction of sp³-hybridized carbons (Fsp3) is 0.0625. The number of nitrogens with two attached hydrogens (primary N) is 1. The Labute approximate surface area is 160 Å². The molecule has 0 radical (unpaired) electrons. The summed E-state index contributed by atoms with van der Waals surface area (Å²) < 4.78 is 31.5. The van der Waals surface area contributed by atoms with Crippen molar-refractivity contribution in [3.63, 3.8) is 0 Å². The quantitative estimate of drug-likeness (QED) is 0.371. The van der Waals surface area contributed by atoms with E-state index in [9.17, 15) is 8.42 Å². The minimum atomic E-state index is -4.40. The molecule has 27 heavy (non-hydrogen) atoms. The maximum absolute atomic E-state index is 11.2. The van der Waals surface area contributed by atoms with Crippen molar-refractivity contribution in [1.29, 1.82) is 0 Å². The zero-order valence-electron chi connectivity index (χ0n) is 14.0. The molecule has 140 valence electrons. The summed E-state index contributed by atoms with van der Waals surface area (Å²) in [7, 11) is -4.40. The number of nitrogens with one attached hydrogen (secondary N) is 2. The van der Waals surface area contributed by atoms with E-state index in [0.717, 1.165) is 11.3 Å². The van der Waals surface area contributed by atoms with Gasteiger partial charge in [0, 0.05) is 11.4 Å². The van der Waals surface area contributed by atoms with Crippen LogP contribution in [0.15, 0.2) is 47.4 Å². The Morgan fingerprint density at radius 2 is 1.52 bits per heavy atom. The molecule has 0 aliphatic rings. The highest BCUT2D eigenvalue weighted by Gasteiger charge is 2.14. The second-order valence-corrected chi connectivity index (χ2v) is 7.32. The monoisotopic (exact) mass is 406 g/mol. The van der Waals surface area contributed by atoms with Crippen molar-refractivity contribution in [2.75, 3.05) is 16.4 Å². The molecule has 0 aliphatic heterocycles. The van der Waals surface area contributed by atoms with Crippen LogP contribution in [-0.4, -0.2) is 27.9 Å². The van der Waals surface area contributed by atoms with Crippen LogP contribution in [0, 0.1) is 6.92 Å². The Hall–Kier alpha value is -2.95. The Morgan fingerprint density at radius 1 is 0.963 bits per heavy atom. The van der Waals surface area contributed by atoms with Gasteiger partial charge in [-0.05, 0) is 48.9 Å². The molecular weight excluding hydrogens is 392 g/mol. The van der Waals surface area contributed by atoms with E-state index in [2.05, 4.69) is 25.6 Å². The normalized spacial score (nSPS) is 11.2. The molecule has 0 aliphatic carbocycles. The summed E-state index contributed by atoms with van der Waals surface area (Å²) in [6, 6.07) is 11.5. The molecule has 1 heterocycles. The molecule has 0 bridgehead atoms. The second kappa shape index (κ2) is 7.35. The highest BCUT2D eigenvalue weighted by atomic mass is 35.5. The van der Waals surface area contributed by atoms with E-state index in [1.54, 1.807) is 0 Å². The standard InChI is InChI=1S/C16H15ClN6O3S/c1-9-2-4-10(5-3-9)19-15-21-14(17)22-16(23-15)20-11-6-7-13(12(18)8-11)27(24,25)26/h2-8H,18H2,1H3,(H,24,25,26)(H2,19,20,21,22,23). The second-order valence-electron chi connectivity index (χ2n) is 5.60. The third kappa shape index (κ3) is 4.82. The molecule has 3 rings (SSSR count). The highest BCUT2D eigenvalue weighted by Crippen LogP contribution is 2.24. The molecule has 0 spiro atoms. The molecule has 0 amide bonds. The maximum atomic E-state index is 11.2. The molecule has 0 saturated heterocycles. The summed E-state index contributed by atoms with van der Waals surface area (Å²) in [5, 5.41) is 5.83. The fourth-order valence-corrected chi connectivity index (χ4v) is 2.98. The van der Waals surface area contributed by atoms with E-state index in [-0.39, 0.29) is 27.8 Å². The van der Waals surface area contributed by atoms with Gasteiger partial charge in [-0.3, -0.25) is 4.55 Å². The third-order valence-electron chi connectivity index (χ3n) is 3.46. The van der Waals surface area contributed by atoms with Crippen LogP contribution >= 0.6 is 11.6 Å². The molecule has 5 N–H and O–H groups in total. The van der Waals surface area contributed by atoms with Gasteiger partial charge in [-0.2, -0.15) is 23.4 Å². The number of benzene rings is 2. The molecule has 3 aromatic rings. The Kier molecular flexibility index (Phi) is 5.13. The molecule has 1 aromatic heterocycles. The van der Waals surface area contributed by atoms with Crippen molar-refractivity contribution >= 4 is 50.7 Å². The number of aromatic nitrogens is 3.